The van der Waals surface area contributed by atoms with Gasteiger partial charge in [0.15, 0.2) is 0 Å². The summed E-state index contributed by atoms with van der Waals surface area (Å²) in [5, 5.41) is 4.93. The van der Waals surface area contributed by atoms with E-state index in [-0.39, 0.29) is 21.7 Å². The van der Waals surface area contributed by atoms with Crippen LogP contribution in [0.25, 0.3) is 146 Å². The van der Waals surface area contributed by atoms with Crippen LogP contribution >= 0.6 is 0 Å². The normalized spacial score (nSPS) is 12.8. The average molecular weight is 1290 g/mol. The molecule has 10 heteroatoms. The van der Waals surface area contributed by atoms with Gasteiger partial charge in [-0.1, -0.05) is 156 Å². The summed E-state index contributed by atoms with van der Waals surface area (Å²) in [5.74, 6) is -0.845. The van der Waals surface area contributed by atoms with Gasteiger partial charge in [-0.2, -0.15) is 0 Å². The van der Waals surface area contributed by atoms with Crippen molar-refractivity contribution in [2.45, 2.75) is 105 Å². The van der Waals surface area contributed by atoms with Gasteiger partial charge in [-0.05, 0) is 212 Å². The van der Waals surface area contributed by atoms with Gasteiger partial charge in [0.05, 0.1) is 70.2 Å². The highest BCUT2D eigenvalue weighted by atomic mass is 16.5. The monoisotopic (exact) mass is 1280 g/mol. The lowest BCUT2D eigenvalue weighted by atomic mass is 9.85. The first-order chi connectivity index (χ1) is 46.8. The van der Waals surface area contributed by atoms with Crippen LogP contribution in [0.2, 0.25) is 0 Å². The van der Waals surface area contributed by atoms with Crippen molar-refractivity contribution in [3.63, 3.8) is 0 Å². The maximum Gasteiger partial charge on any atom is 0.337 e. The lowest BCUT2D eigenvalue weighted by molar-refractivity contribution is 0.0592. The molecule has 2 aliphatic heterocycles. The zero-order valence-electron chi connectivity index (χ0n) is 58.2. The molecule has 0 unspecified atom stereocenters. The fourth-order valence-electron chi connectivity index (χ4n) is 14.2. The second-order valence-corrected chi connectivity index (χ2v) is 30.3. The fourth-order valence-corrected chi connectivity index (χ4v) is 14.2. The average Bonchev–Trinajstić information content (AvgIpc) is 1.59. The lowest BCUT2D eigenvalue weighted by Gasteiger charge is -2.19. The number of H-pyrrole nitrogens is 2. The predicted molar refractivity (Wildman–Crippen MR) is 407 cm³/mol. The summed E-state index contributed by atoms with van der Waals surface area (Å²) in [5.41, 5.74) is 26.0. The zero-order chi connectivity index (χ0) is 68.5. The molecule has 0 radical (unpaired) electrons. The molecule has 0 saturated heterocycles. The molecule has 0 aliphatic carbocycles. The third kappa shape index (κ3) is 11.0. The Bertz CT molecular complexity index is 5190. The molecule has 7 heterocycles. The van der Waals surface area contributed by atoms with Crippen LogP contribution in [0.5, 0.6) is 0 Å². The summed E-state index contributed by atoms with van der Waals surface area (Å²) in [7, 11) is 2.78. The molecule has 0 spiro atoms. The third-order valence-electron chi connectivity index (χ3n) is 19.8. The minimum absolute atomic E-state index is 0.0307. The van der Waals surface area contributed by atoms with E-state index in [0.717, 1.165) is 111 Å². The van der Waals surface area contributed by atoms with Crippen molar-refractivity contribution in [2.24, 2.45) is 0 Å². The number of aromatic amines is 2. The van der Waals surface area contributed by atoms with Crippen molar-refractivity contribution < 1.29 is 19.1 Å². The van der Waals surface area contributed by atoms with E-state index in [0.29, 0.717) is 22.5 Å². The largest absolute Gasteiger partial charge is 0.465 e. The Hall–Kier alpha value is -11.1. The maximum atomic E-state index is 12.9. The minimum atomic E-state index is -0.422. The number of benzene rings is 8. The number of carbonyl (C=O) groups is 2. The number of esters is 2. The Labute approximate surface area is 572 Å². The van der Waals surface area contributed by atoms with Gasteiger partial charge < -0.3 is 28.6 Å². The molecule has 10 nitrogen and oxygen atoms in total. The SMILES string of the molecule is COC(=O)c1ccc(-c2c3nc(c(-c4ccc(C(=O)OC)cc4)c4ccc([nH]4)c(-c4ccc(-n5c6ccc(C(C)(C)C)cc6c6cc(C(C)(C)C)ccc65)cc4)c4nc(c(-c5ccc(-n6c7ccc(C(C)(C)C)cc7c7cc(C(C)(C)C)ccc76)cc5)c5ccc2[nH]5)C=C4)C=C3)cc1. The molecule has 8 bridgehead atoms. The van der Waals surface area contributed by atoms with Crippen LogP contribution in [-0.4, -0.2) is 55.2 Å². The highest BCUT2D eigenvalue weighted by Gasteiger charge is 2.26. The Morgan fingerprint density at radius 2 is 0.551 bits per heavy atom. The molecule has 2 N–H and O–H groups in total. The van der Waals surface area contributed by atoms with Gasteiger partial charge in [0, 0.05) is 77.2 Å². The van der Waals surface area contributed by atoms with Crippen LogP contribution in [0.1, 0.15) is 149 Å². The van der Waals surface area contributed by atoms with E-state index < -0.39 is 11.9 Å². The number of rotatable bonds is 8. The number of methoxy groups -OCH3 is 2. The Morgan fingerprint density at radius 3 is 0.776 bits per heavy atom. The van der Waals surface area contributed by atoms with E-state index >= 15 is 0 Å². The summed E-state index contributed by atoms with van der Waals surface area (Å²) in [6, 6.07) is 69.1. The lowest BCUT2D eigenvalue weighted by Crippen LogP contribution is -2.10. The molecule has 0 atom stereocenters. The predicted octanol–water partition coefficient (Wildman–Crippen LogP) is 22.3. The van der Waals surface area contributed by atoms with Crippen molar-refractivity contribution in [1.29, 1.82) is 0 Å². The summed E-state index contributed by atoms with van der Waals surface area (Å²) < 4.78 is 15.1. The van der Waals surface area contributed by atoms with E-state index in [9.17, 15) is 9.59 Å². The van der Waals surface area contributed by atoms with Gasteiger partial charge >= 0.3 is 11.9 Å². The first-order valence-corrected chi connectivity index (χ1v) is 33.7. The summed E-state index contributed by atoms with van der Waals surface area (Å²) in [6.07, 6.45) is 8.37. The number of carbonyl (C=O) groups excluding carboxylic acids is 2. The van der Waals surface area contributed by atoms with Gasteiger partial charge in [-0.25, -0.2) is 19.6 Å². The van der Waals surface area contributed by atoms with Crippen molar-refractivity contribution in [1.82, 2.24) is 29.1 Å². The first kappa shape index (κ1) is 63.0. The van der Waals surface area contributed by atoms with Gasteiger partial charge in [-0.3, -0.25) is 0 Å². The van der Waals surface area contributed by atoms with Crippen LogP contribution in [0, 0.1) is 0 Å². The standard InChI is InChI=1S/C88H80N6O4/c1-85(2,3)57-27-43-75-63(47-57)64-48-58(86(4,5)6)28-44-76(64)93(75)61-31-23-53(24-32-61)81-71-39-37-69(90-71)79(51-15-19-55(20-16-51)83(95)97-13)67-35-36-68(89-67)80(52-17-21-56(22-18-52)84(96)98-14)70-38-40-72(91-70)82(74-42-41-73(81)92-74)54-25-33-62(34-26-54)94-77-45-29-59(87(7,8)9)49-65(77)66-50-60(88(10,11)12)30-46-78(66)94/h15-50,90-91H,1-14H3. The van der Waals surface area contributed by atoms with Crippen molar-refractivity contribution >= 4 is 102 Å². The van der Waals surface area contributed by atoms with Crippen LogP contribution in [0.15, 0.2) is 194 Å². The number of nitrogens with one attached hydrogen (secondary N) is 2. The van der Waals surface area contributed by atoms with Crippen molar-refractivity contribution in [3.8, 4) is 55.9 Å². The zero-order valence-corrected chi connectivity index (χ0v) is 58.2. The molecular formula is C88H80N6O4. The van der Waals surface area contributed by atoms with E-state index in [1.807, 2.05) is 36.4 Å². The molecule has 2 aliphatic rings. The highest BCUT2D eigenvalue weighted by Crippen LogP contribution is 2.44. The topological polar surface area (TPSA) is 120 Å². The van der Waals surface area contributed by atoms with Crippen LogP contribution in [0.4, 0.5) is 0 Å². The number of fused-ring (bicyclic) bond motifs is 14. The summed E-state index contributed by atoms with van der Waals surface area (Å²) in [4.78, 5) is 44.9. The molecule has 15 rings (SSSR count). The third-order valence-corrected chi connectivity index (χ3v) is 19.8. The Morgan fingerprint density at radius 1 is 0.316 bits per heavy atom. The Kier molecular flexibility index (Phi) is 15.0. The van der Waals surface area contributed by atoms with Gasteiger partial charge in [0.25, 0.3) is 0 Å². The summed E-state index contributed by atoms with van der Waals surface area (Å²) in [6.45, 7) is 27.4. The fraction of sp³-hybridized carbons (Fsp3) is 0.205. The van der Waals surface area contributed by atoms with E-state index in [1.54, 1.807) is 24.3 Å². The highest BCUT2D eigenvalue weighted by molar-refractivity contribution is 6.12. The molecule has 0 amide bonds. The van der Waals surface area contributed by atoms with E-state index in [4.69, 9.17) is 19.4 Å². The Balaban J connectivity index is 0.982. The van der Waals surface area contributed by atoms with Crippen LogP contribution in [0.3, 0.4) is 0 Å². The number of hydrogen-bond donors (Lipinski definition) is 2. The smallest absolute Gasteiger partial charge is 0.337 e. The molecule has 13 aromatic rings. The number of ether oxygens (including phenoxy) is 2. The molecule has 8 aromatic carbocycles. The summed E-state index contributed by atoms with van der Waals surface area (Å²) >= 11 is 0. The van der Waals surface area contributed by atoms with Crippen molar-refractivity contribution in [2.75, 3.05) is 14.2 Å². The number of aromatic nitrogens is 6. The molecule has 5 aromatic heterocycles. The second kappa shape index (κ2) is 23.3. The maximum absolute atomic E-state index is 12.9. The van der Waals surface area contributed by atoms with Gasteiger partial charge in [0.2, 0.25) is 0 Å². The second-order valence-electron chi connectivity index (χ2n) is 30.3. The molecule has 98 heavy (non-hydrogen) atoms. The number of nitrogens with zero attached hydrogens (tertiary/aromatic N) is 4. The molecule has 486 valence electrons. The molecule has 0 saturated carbocycles. The van der Waals surface area contributed by atoms with E-state index in [1.165, 1.54) is 58.0 Å². The minimum Gasteiger partial charge on any atom is -0.465 e. The van der Waals surface area contributed by atoms with Crippen molar-refractivity contribution in [3.05, 3.63) is 250 Å². The van der Waals surface area contributed by atoms with Gasteiger partial charge in [-0.15, -0.1) is 0 Å². The van der Waals surface area contributed by atoms with Crippen LogP contribution < -0.4 is 0 Å². The quantitative estimate of drug-likeness (QED) is 0.146. The molecule has 0 fully saturated rings. The first-order valence-electron chi connectivity index (χ1n) is 33.7. The van der Waals surface area contributed by atoms with E-state index in [2.05, 4.69) is 260 Å². The number of hydrogen-bond acceptors (Lipinski definition) is 6. The van der Waals surface area contributed by atoms with Gasteiger partial charge in [0.1, 0.15) is 0 Å². The van der Waals surface area contributed by atoms with Crippen LogP contribution in [-0.2, 0) is 31.1 Å². The molecular weight excluding hydrogens is 1210 g/mol.